The lowest BCUT2D eigenvalue weighted by Gasteiger charge is -2.27. The number of para-hydroxylation sites is 1. The van der Waals surface area contributed by atoms with Crippen LogP contribution in [0.15, 0.2) is 36.9 Å². The third kappa shape index (κ3) is 10.7. The highest BCUT2D eigenvalue weighted by atomic mass is 16.6. The Hall–Kier alpha value is -2.54. The normalized spacial score (nSPS) is 13.2. The van der Waals surface area contributed by atoms with E-state index in [9.17, 15) is 9.59 Å². The lowest BCUT2D eigenvalue weighted by atomic mass is 9.89. The topological polar surface area (TPSA) is 85.9 Å². The number of nitrogens with one attached hydrogen (secondary N) is 2. The van der Waals surface area contributed by atoms with Gasteiger partial charge in [0.05, 0.1) is 18.2 Å². The van der Waals surface area contributed by atoms with Crippen molar-refractivity contribution in [3.63, 3.8) is 0 Å². The molecule has 1 aromatic rings. The molecule has 0 saturated heterocycles. The fraction of sp³-hybridized carbons (Fsp3) is 0.600. The molecule has 1 rings (SSSR count). The minimum atomic E-state index is -0.569. The number of benzene rings is 1. The van der Waals surface area contributed by atoms with Gasteiger partial charge in [0.25, 0.3) is 5.91 Å². The van der Waals surface area contributed by atoms with Crippen molar-refractivity contribution in [1.29, 1.82) is 0 Å². The molecule has 0 bridgehead atoms. The quantitative estimate of drug-likeness (QED) is 0.341. The zero-order valence-electron chi connectivity index (χ0n) is 20.4. The van der Waals surface area contributed by atoms with Crippen LogP contribution < -0.4 is 15.4 Å². The van der Waals surface area contributed by atoms with E-state index < -0.39 is 11.7 Å². The summed E-state index contributed by atoms with van der Waals surface area (Å²) in [7, 11) is 1.65. The molecule has 7 nitrogen and oxygen atoms in total. The first-order valence-electron chi connectivity index (χ1n) is 11.2. The number of hydrogen-bond acceptors (Lipinski definition) is 5. The smallest absolute Gasteiger partial charge is 0.408 e. The summed E-state index contributed by atoms with van der Waals surface area (Å²) >= 11 is 0. The maximum atomic E-state index is 12.8. The SMILES string of the molecule is C=C[C@H](C[C@H](CNC(=O)c1ccccc1OCCCOC)C(C)C)NC(=O)OC(C)(C)C. The summed E-state index contributed by atoms with van der Waals surface area (Å²) in [6, 6.07) is 6.94. The van der Waals surface area contributed by atoms with Crippen LogP contribution in [-0.2, 0) is 9.47 Å². The van der Waals surface area contributed by atoms with Crippen molar-refractivity contribution in [2.75, 3.05) is 26.9 Å². The lowest BCUT2D eigenvalue weighted by Crippen LogP contribution is -2.41. The second-order valence-corrected chi connectivity index (χ2v) is 9.13. The molecule has 0 saturated carbocycles. The van der Waals surface area contributed by atoms with Crippen molar-refractivity contribution in [2.45, 2.75) is 59.1 Å². The zero-order valence-corrected chi connectivity index (χ0v) is 20.4. The molecular formula is C25H40N2O5. The number of methoxy groups -OCH3 is 1. The van der Waals surface area contributed by atoms with Crippen molar-refractivity contribution in [2.24, 2.45) is 11.8 Å². The molecule has 2 N–H and O–H groups in total. The average molecular weight is 449 g/mol. The fourth-order valence-corrected chi connectivity index (χ4v) is 3.07. The van der Waals surface area contributed by atoms with Gasteiger partial charge in [-0.25, -0.2) is 4.79 Å². The van der Waals surface area contributed by atoms with E-state index in [4.69, 9.17) is 14.2 Å². The van der Waals surface area contributed by atoms with Gasteiger partial charge in [-0.1, -0.05) is 32.1 Å². The Labute approximate surface area is 192 Å². The molecule has 0 aliphatic rings. The van der Waals surface area contributed by atoms with Gasteiger partial charge < -0.3 is 24.8 Å². The van der Waals surface area contributed by atoms with Gasteiger partial charge in [0.1, 0.15) is 11.4 Å². The molecule has 0 fully saturated rings. The minimum absolute atomic E-state index is 0.131. The van der Waals surface area contributed by atoms with Crippen LogP contribution >= 0.6 is 0 Å². The van der Waals surface area contributed by atoms with Crippen molar-refractivity contribution in [1.82, 2.24) is 10.6 Å². The van der Waals surface area contributed by atoms with E-state index in [2.05, 4.69) is 31.1 Å². The number of alkyl carbamates (subject to hydrolysis) is 1. The van der Waals surface area contributed by atoms with Crippen LogP contribution in [0.1, 0.15) is 57.8 Å². The molecule has 0 unspecified atom stereocenters. The Kier molecular flexibility index (Phi) is 11.8. The molecule has 32 heavy (non-hydrogen) atoms. The van der Waals surface area contributed by atoms with Crippen LogP contribution in [0.4, 0.5) is 4.79 Å². The third-order valence-electron chi connectivity index (χ3n) is 4.89. The van der Waals surface area contributed by atoms with Crippen LogP contribution in [0.3, 0.4) is 0 Å². The van der Waals surface area contributed by atoms with E-state index >= 15 is 0 Å². The van der Waals surface area contributed by atoms with Gasteiger partial charge in [0, 0.05) is 26.7 Å². The minimum Gasteiger partial charge on any atom is -0.493 e. The third-order valence-corrected chi connectivity index (χ3v) is 4.89. The molecule has 180 valence electrons. The zero-order chi connectivity index (χ0) is 24.1. The van der Waals surface area contributed by atoms with Gasteiger partial charge in [0.15, 0.2) is 0 Å². The maximum Gasteiger partial charge on any atom is 0.408 e. The molecule has 0 radical (unpaired) electrons. The molecule has 0 aromatic heterocycles. The average Bonchev–Trinajstić information content (AvgIpc) is 2.71. The summed E-state index contributed by atoms with van der Waals surface area (Å²) in [5, 5.41) is 5.87. The summed E-state index contributed by atoms with van der Waals surface area (Å²) in [5.74, 6) is 0.788. The molecule has 2 atom stereocenters. The second kappa shape index (κ2) is 13.8. The Morgan fingerprint density at radius 3 is 2.44 bits per heavy atom. The van der Waals surface area contributed by atoms with Gasteiger partial charge in [-0.15, -0.1) is 6.58 Å². The van der Waals surface area contributed by atoms with E-state index in [0.29, 0.717) is 43.4 Å². The van der Waals surface area contributed by atoms with Gasteiger partial charge in [-0.05, 0) is 51.2 Å². The van der Waals surface area contributed by atoms with E-state index in [-0.39, 0.29) is 17.9 Å². The van der Waals surface area contributed by atoms with Crippen LogP contribution in [0.5, 0.6) is 5.75 Å². The summed E-state index contributed by atoms with van der Waals surface area (Å²) in [5.41, 5.74) is -0.0696. The second-order valence-electron chi connectivity index (χ2n) is 9.13. The van der Waals surface area contributed by atoms with Crippen LogP contribution in [0.2, 0.25) is 0 Å². The largest absolute Gasteiger partial charge is 0.493 e. The highest BCUT2D eigenvalue weighted by Crippen LogP contribution is 2.20. The highest BCUT2D eigenvalue weighted by Gasteiger charge is 2.23. The highest BCUT2D eigenvalue weighted by molar-refractivity contribution is 5.96. The Morgan fingerprint density at radius 1 is 1.16 bits per heavy atom. The van der Waals surface area contributed by atoms with Crippen molar-refractivity contribution in [3.05, 3.63) is 42.5 Å². The Balaban J connectivity index is 2.71. The predicted molar refractivity (Wildman–Crippen MR) is 127 cm³/mol. The first-order valence-corrected chi connectivity index (χ1v) is 11.2. The number of carbonyl (C=O) groups excluding carboxylic acids is 2. The molecule has 0 aliphatic heterocycles. The lowest BCUT2D eigenvalue weighted by molar-refractivity contribution is 0.0506. The number of ether oxygens (including phenoxy) is 3. The summed E-state index contributed by atoms with van der Waals surface area (Å²) < 4.78 is 16.1. The monoisotopic (exact) mass is 448 g/mol. The van der Waals surface area contributed by atoms with Gasteiger partial charge in [-0.3, -0.25) is 4.79 Å². The van der Waals surface area contributed by atoms with Gasteiger partial charge >= 0.3 is 6.09 Å². The van der Waals surface area contributed by atoms with E-state index in [1.54, 1.807) is 25.3 Å². The number of hydrogen-bond donors (Lipinski definition) is 2. The number of carbonyl (C=O) groups is 2. The van der Waals surface area contributed by atoms with Gasteiger partial charge in [-0.2, -0.15) is 0 Å². The fourth-order valence-electron chi connectivity index (χ4n) is 3.07. The molecule has 0 heterocycles. The van der Waals surface area contributed by atoms with Crippen molar-refractivity contribution in [3.8, 4) is 5.75 Å². The Morgan fingerprint density at radius 2 is 1.84 bits per heavy atom. The van der Waals surface area contributed by atoms with Gasteiger partial charge in [0.2, 0.25) is 0 Å². The molecule has 1 aromatic carbocycles. The molecular weight excluding hydrogens is 408 g/mol. The molecule has 7 heteroatoms. The molecule has 0 spiro atoms. The standard InChI is InChI=1S/C25H40N2O5/c1-8-20(27-24(29)32-25(4,5)6)16-19(18(2)3)17-26-23(28)21-12-9-10-13-22(21)31-15-11-14-30-7/h8-10,12-13,18-20H,1,11,14-17H2,2-7H3,(H,26,28)(H,27,29)/t19-,20-/m1/s1. The number of rotatable bonds is 13. The van der Waals surface area contributed by atoms with E-state index in [1.165, 1.54) is 0 Å². The maximum absolute atomic E-state index is 12.8. The summed E-state index contributed by atoms with van der Waals surface area (Å²) in [6.07, 6.45) is 2.60. The van der Waals surface area contributed by atoms with E-state index in [0.717, 1.165) is 6.42 Å². The Bertz CT molecular complexity index is 727. The summed E-state index contributed by atoms with van der Waals surface area (Å²) in [4.78, 5) is 25.0. The van der Waals surface area contributed by atoms with Crippen LogP contribution in [0.25, 0.3) is 0 Å². The van der Waals surface area contributed by atoms with Crippen LogP contribution in [-0.4, -0.2) is 50.5 Å². The summed E-state index contributed by atoms with van der Waals surface area (Å²) in [6.45, 7) is 15.0. The number of amides is 2. The predicted octanol–water partition coefficient (Wildman–Crippen LogP) is 4.57. The van der Waals surface area contributed by atoms with E-state index in [1.807, 2.05) is 32.9 Å². The van der Waals surface area contributed by atoms with Crippen molar-refractivity contribution >= 4 is 12.0 Å². The van der Waals surface area contributed by atoms with Crippen LogP contribution in [0, 0.1) is 11.8 Å². The molecule has 2 amide bonds. The first kappa shape index (κ1) is 27.5. The molecule has 0 aliphatic carbocycles. The first-order chi connectivity index (χ1) is 15.1. The van der Waals surface area contributed by atoms with Crippen molar-refractivity contribution < 1.29 is 23.8 Å².